The molecule has 0 spiro atoms. The molecule has 4 nitrogen and oxygen atoms in total. The van der Waals surface area contributed by atoms with Gasteiger partial charge in [0.15, 0.2) is 0 Å². The van der Waals surface area contributed by atoms with Crippen LogP contribution in [0.15, 0.2) is 22.8 Å². The monoisotopic (exact) mass is 314 g/mol. The van der Waals surface area contributed by atoms with E-state index >= 15 is 0 Å². The van der Waals surface area contributed by atoms with Gasteiger partial charge in [-0.15, -0.1) is 0 Å². The molecule has 0 saturated carbocycles. The summed E-state index contributed by atoms with van der Waals surface area (Å²) >= 11 is 0. The summed E-state index contributed by atoms with van der Waals surface area (Å²) in [6, 6.07) is 4.17. The fraction of sp³-hybridized carbons (Fsp3) is 0.526. The van der Waals surface area contributed by atoms with Crippen LogP contribution in [0.5, 0.6) is 0 Å². The number of carbonyl (C=O) groups is 1. The minimum atomic E-state index is 0.0842. The number of fused-ring (bicyclic) bond motifs is 1. The van der Waals surface area contributed by atoms with E-state index in [0.29, 0.717) is 12.3 Å². The van der Waals surface area contributed by atoms with Gasteiger partial charge in [0.2, 0.25) is 5.91 Å². The van der Waals surface area contributed by atoms with E-state index in [2.05, 4.69) is 37.2 Å². The van der Waals surface area contributed by atoms with Gasteiger partial charge in [0.1, 0.15) is 5.58 Å². The van der Waals surface area contributed by atoms with Crippen molar-refractivity contribution >= 4 is 16.9 Å². The molecule has 2 heterocycles. The molecule has 1 fully saturated rings. The summed E-state index contributed by atoms with van der Waals surface area (Å²) in [6.07, 6.45) is 4.55. The zero-order valence-corrected chi connectivity index (χ0v) is 14.3. The average molecular weight is 314 g/mol. The number of piperidine rings is 1. The Hall–Kier alpha value is -1.81. The Bertz CT molecular complexity index is 705. The maximum Gasteiger partial charge on any atom is 0.224 e. The van der Waals surface area contributed by atoms with Crippen molar-refractivity contribution in [3.05, 3.63) is 35.1 Å². The molecule has 0 aliphatic carbocycles. The molecule has 1 aliphatic rings. The van der Waals surface area contributed by atoms with Crippen molar-refractivity contribution in [2.24, 2.45) is 5.92 Å². The molecule has 2 aromatic rings. The van der Waals surface area contributed by atoms with Crippen molar-refractivity contribution in [2.75, 3.05) is 26.7 Å². The second-order valence-electron chi connectivity index (χ2n) is 6.97. The van der Waals surface area contributed by atoms with Crippen molar-refractivity contribution in [3.63, 3.8) is 0 Å². The van der Waals surface area contributed by atoms with Gasteiger partial charge in [0.25, 0.3) is 0 Å². The summed E-state index contributed by atoms with van der Waals surface area (Å²) in [5.74, 6) is 0.657. The summed E-state index contributed by atoms with van der Waals surface area (Å²) in [7, 11) is 2.15. The minimum absolute atomic E-state index is 0.0842. The Balaban J connectivity index is 1.62. The maximum absolute atomic E-state index is 12.3. The summed E-state index contributed by atoms with van der Waals surface area (Å²) in [4.78, 5) is 14.6. The fourth-order valence-corrected chi connectivity index (χ4v) is 3.69. The second kappa shape index (κ2) is 6.75. The lowest BCUT2D eigenvalue weighted by Crippen LogP contribution is -2.39. The fourth-order valence-electron chi connectivity index (χ4n) is 3.69. The first-order chi connectivity index (χ1) is 11.0. The van der Waals surface area contributed by atoms with Crippen LogP contribution in [0.4, 0.5) is 0 Å². The van der Waals surface area contributed by atoms with E-state index in [0.717, 1.165) is 29.6 Å². The Kier molecular flexibility index (Phi) is 4.71. The van der Waals surface area contributed by atoms with Gasteiger partial charge in [-0.1, -0.05) is 6.07 Å². The highest BCUT2D eigenvalue weighted by Gasteiger charge is 2.18. The first-order valence-electron chi connectivity index (χ1n) is 8.45. The summed E-state index contributed by atoms with van der Waals surface area (Å²) in [5, 5.41) is 4.19. The van der Waals surface area contributed by atoms with Gasteiger partial charge in [-0.2, -0.15) is 0 Å². The van der Waals surface area contributed by atoms with E-state index in [9.17, 15) is 4.79 Å². The molecule has 1 aromatic carbocycles. The zero-order valence-electron chi connectivity index (χ0n) is 14.3. The van der Waals surface area contributed by atoms with Gasteiger partial charge < -0.3 is 14.6 Å². The molecule has 0 radical (unpaired) electrons. The van der Waals surface area contributed by atoms with Crippen molar-refractivity contribution in [3.8, 4) is 0 Å². The highest BCUT2D eigenvalue weighted by atomic mass is 16.3. The van der Waals surface area contributed by atoms with E-state index in [-0.39, 0.29) is 5.91 Å². The number of nitrogens with one attached hydrogen (secondary N) is 1. The molecule has 23 heavy (non-hydrogen) atoms. The predicted octanol–water partition coefficient (Wildman–Crippen LogP) is 3.05. The number of nitrogens with zero attached hydrogens (tertiary/aromatic N) is 1. The van der Waals surface area contributed by atoms with Crippen LogP contribution < -0.4 is 5.32 Å². The molecule has 1 atom stereocenters. The predicted molar refractivity (Wildman–Crippen MR) is 92.6 cm³/mol. The number of amides is 1. The molecule has 1 aromatic heterocycles. The molecule has 3 rings (SSSR count). The number of rotatable bonds is 4. The van der Waals surface area contributed by atoms with Crippen LogP contribution in [0.1, 0.15) is 29.5 Å². The van der Waals surface area contributed by atoms with Crippen molar-refractivity contribution in [1.82, 2.24) is 10.2 Å². The Morgan fingerprint density at radius 3 is 3.00 bits per heavy atom. The first kappa shape index (κ1) is 16.1. The standard InChI is InChI=1S/C19H26N2O2/c1-13-7-14(2)19-16(12-23-17(19)8-13)9-18(22)20-10-15-5-4-6-21(3)11-15/h7-8,12,15H,4-6,9-11H2,1-3H3,(H,20,22). The van der Waals surface area contributed by atoms with Crippen molar-refractivity contribution in [2.45, 2.75) is 33.1 Å². The molecule has 4 heteroatoms. The van der Waals surface area contributed by atoms with Crippen LogP contribution in [0.25, 0.3) is 11.0 Å². The smallest absolute Gasteiger partial charge is 0.224 e. The number of furan rings is 1. The van der Waals surface area contributed by atoms with Gasteiger partial charge in [-0.05, 0) is 63.4 Å². The van der Waals surface area contributed by atoms with Gasteiger partial charge in [0, 0.05) is 24.0 Å². The molecule has 1 saturated heterocycles. The summed E-state index contributed by atoms with van der Waals surface area (Å²) in [5.41, 5.74) is 4.21. The van der Waals surface area contributed by atoms with Gasteiger partial charge in [-0.3, -0.25) is 4.79 Å². The lowest BCUT2D eigenvalue weighted by molar-refractivity contribution is -0.120. The molecule has 1 amide bonds. The van der Waals surface area contributed by atoms with Gasteiger partial charge in [0.05, 0.1) is 12.7 Å². The quantitative estimate of drug-likeness (QED) is 0.943. The molecule has 124 valence electrons. The van der Waals surface area contributed by atoms with Crippen LogP contribution in [0.2, 0.25) is 0 Å². The van der Waals surface area contributed by atoms with Crippen molar-refractivity contribution < 1.29 is 9.21 Å². The van der Waals surface area contributed by atoms with E-state index < -0.39 is 0 Å². The number of aryl methyl sites for hydroxylation is 2. The molecule has 1 unspecified atom stereocenters. The second-order valence-corrected chi connectivity index (χ2v) is 6.97. The van der Waals surface area contributed by atoms with Crippen LogP contribution in [0.3, 0.4) is 0 Å². The Morgan fingerprint density at radius 1 is 1.39 bits per heavy atom. The largest absolute Gasteiger partial charge is 0.464 e. The number of likely N-dealkylation sites (tertiary alicyclic amines) is 1. The lowest BCUT2D eigenvalue weighted by atomic mass is 9.98. The number of hydrogen-bond donors (Lipinski definition) is 1. The number of hydrogen-bond acceptors (Lipinski definition) is 3. The first-order valence-corrected chi connectivity index (χ1v) is 8.45. The van der Waals surface area contributed by atoms with E-state index in [4.69, 9.17) is 4.42 Å². The summed E-state index contributed by atoms with van der Waals surface area (Å²) in [6.45, 7) is 7.15. The molecular formula is C19H26N2O2. The minimum Gasteiger partial charge on any atom is -0.464 e. The van der Waals surface area contributed by atoms with Crippen LogP contribution in [0, 0.1) is 19.8 Å². The van der Waals surface area contributed by atoms with Crippen molar-refractivity contribution in [1.29, 1.82) is 0 Å². The van der Waals surface area contributed by atoms with Crippen LogP contribution >= 0.6 is 0 Å². The summed E-state index contributed by atoms with van der Waals surface area (Å²) < 4.78 is 5.63. The highest BCUT2D eigenvalue weighted by molar-refractivity contribution is 5.90. The normalized spacial score (nSPS) is 19.2. The van der Waals surface area contributed by atoms with Gasteiger partial charge in [-0.25, -0.2) is 0 Å². The molecule has 1 N–H and O–H groups in total. The third kappa shape index (κ3) is 3.75. The van der Waals surface area contributed by atoms with E-state index in [1.54, 1.807) is 6.26 Å². The van der Waals surface area contributed by atoms with E-state index in [1.807, 2.05) is 6.07 Å². The number of carbonyl (C=O) groups excluding carboxylic acids is 1. The van der Waals surface area contributed by atoms with E-state index in [1.165, 1.54) is 30.5 Å². The molecule has 0 bridgehead atoms. The third-order valence-electron chi connectivity index (χ3n) is 4.75. The lowest BCUT2D eigenvalue weighted by Gasteiger charge is -2.29. The van der Waals surface area contributed by atoms with Gasteiger partial charge >= 0.3 is 0 Å². The molecular weight excluding hydrogens is 288 g/mol. The third-order valence-corrected chi connectivity index (χ3v) is 4.75. The highest BCUT2D eigenvalue weighted by Crippen LogP contribution is 2.26. The average Bonchev–Trinajstić information content (AvgIpc) is 2.88. The SMILES string of the molecule is Cc1cc(C)c2c(CC(=O)NCC3CCCN(C)C3)coc2c1. The number of benzene rings is 1. The molecule has 1 aliphatic heterocycles. The Morgan fingerprint density at radius 2 is 2.22 bits per heavy atom. The van der Waals surface area contributed by atoms with Crippen LogP contribution in [-0.4, -0.2) is 37.5 Å². The maximum atomic E-state index is 12.3. The zero-order chi connectivity index (χ0) is 16.4. The topological polar surface area (TPSA) is 45.5 Å². The Labute approximate surface area is 137 Å². The van der Waals surface area contributed by atoms with Crippen LogP contribution in [-0.2, 0) is 11.2 Å².